The van der Waals surface area contributed by atoms with Crippen molar-refractivity contribution in [1.29, 1.82) is 0 Å². The van der Waals surface area contributed by atoms with Gasteiger partial charge in [0.1, 0.15) is 5.60 Å². The molecule has 1 heterocycles. The summed E-state index contributed by atoms with van der Waals surface area (Å²) in [4.78, 5) is 2.54. The van der Waals surface area contributed by atoms with Gasteiger partial charge in [-0.25, -0.2) is 0 Å². The van der Waals surface area contributed by atoms with Gasteiger partial charge in [-0.2, -0.15) is 0 Å². The van der Waals surface area contributed by atoms with E-state index in [0.717, 1.165) is 30.5 Å². The Balaban J connectivity index is 0.00000225. The van der Waals surface area contributed by atoms with Crippen molar-refractivity contribution in [2.45, 2.75) is 37.7 Å². The van der Waals surface area contributed by atoms with E-state index >= 15 is 0 Å². The van der Waals surface area contributed by atoms with Crippen molar-refractivity contribution in [3.63, 3.8) is 0 Å². The fourth-order valence-corrected chi connectivity index (χ4v) is 4.00. The zero-order valence-electron chi connectivity index (χ0n) is 14.5. The first kappa shape index (κ1) is 20.7. The summed E-state index contributed by atoms with van der Waals surface area (Å²) in [5.74, 6) is 0. The van der Waals surface area contributed by atoms with Crippen LogP contribution in [-0.2, 0) is 5.60 Å². The SMILES string of the molecule is Cl.OC(CCCN1CCCCC1)(c1ccccc1)c1ccc(I)cc1. The molecule has 1 aliphatic heterocycles. The third kappa shape index (κ3) is 5.43. The highest BCUT2D eigenvalue weighted by Gasteiger charge is 2.31. The van der Waals surface area contributed by atoms with Crippen LogP contribution < -0.4 is 0 Å². The Morgan fingerprint density at radius 2 is 1.48 bits per heavy atom. The minimum Gasteiger partial charge on any atom is -0.380 e. The maximum Gasteiger partial charge on any atom is 0.115 e. The first-order valence-electron chi connectivity index (χ1n) is 8.95. The quantitative estimate of drug-likeness (QED) is 0.584. The summed E-state index contributed by atoms with van der Waals surface area (Å²) in [6, 6.07) is 18.4. The van der Waals surface area contributed by atoms with Crippen molar-refractivity contribution in [1.82, 2.24) is 4.90 Å². The van der Waals surface area contributed by atoms with Crippen molar-refractivity contribution in [2.24, 2.45) is 0 Å². The van der Waals surface area contributed by atoms with Crippen LogP contribution in [0, 0.1) is 3.57 Å². The number of hydrogen-bond donors (Lipinski definition) is 1. The standard InChI is InChI=1S/C21H26INO.ClH/c22-20-12-10-19(11-13-20)21(24,18-8-3-1-4-9-18)14-7-17-23-15-5-2-6-16-23;/h1,3-4,8-13,24H,2,5-7,14-17H2;1H. The molecule has 1 N–H and O–H groups in total. The van der Waals surface area contributed by atoms with Gasteiger partial charge in [0.15, 0.2) is 0 Å². The second kappa shape index (κ2) is 9.91. The van der Waals surface area contributed by atoms with Crippen LogP contribution in [0.3, 0.4) is 0 Å². The zero-order chi connectivity index (χ0) is 16.8. The van der Waals surface area contributed by atoms with Crippen molar-refractivity contribution in [3.8, 4) is 0 Å². The maximum atomic E-state index is 11.6. The van der Waals surface area contributed by atoms with E-state index in [4.69, 9.17) is 0 Å². The summed E-state index contributed by atoms with van der Waals surface area (Å²) >= 11 is 2.31. The van der Waals surface area contributed by atoms with Crippen LogP contribution in [0.5, 0.6) is 0 Å². The molecule has 0 radical (unpaired) electrons. The average Bonchev–Trinajstić information content (AvgIpc) is 2.64. The Kier molecular flexibility index (Phi) is 8.20. The van der Waals surface area contributed by atoms with Crippen molar-refractivity contribution < 1.29 is 5.11 Å². The van der Waals surface area contributed by atoms with E-state index in [1.165, 1.54) is 35.9 Å². The molecule has 1 unspecified atom stereocenters. The van der Waals surface area contributed by atoms with Gasteiger partial charge in [-0.15, -0.1) is 12.4 Å². The molecule has 2 nitrogen and oxygen atoms in total. The number of nitrogens with zero attached hydrogens (tertiary/aromatic N) is 1. The Morgan fingerprint density at radius 3 is 2.12 bits per heavy atom. The van der Waals surface area contributed by atoms with Gasteiger partial charge in [0.05, 0.1) is 0 Å². The van der Waals surface area contributed by atoms with Gasteiger partial charge < -0.3 is 10.0 Å². The Labute approximate surface area is 171 Å². The van der Waals surface area contributed by atoms with Gasteiger partial charge in [-0.3, -0.25) is 0 Å². The van der Waals surface area contributed by atoms with E-state index in [-0.39, 0.29) is 12.4 Å². The monoisotopic (exact) mass is 471 g/mol. The molecule has 0 spiro atoms. The molecule has 1 fully saturated rings. The minimum atomic E-state index is -0.901. The van der Waals surface area contributed by atoms with E-state index in [1.54, 1.807) is 0 Å². The van der Waals surface area contributed by atoms with Crippen LogP contribution >= 0.6 is 35.0 Å². The molecule has 136 valence electrons. The average molecular weight is 472 g/mol. The number of aliphatic hydroxyl groups is 1. The van der Waals surface area contributed by atoms with E-state index in [0.29, 0.717) is 0 Å². The van der Waals surface area contributed by atoms with Crippen LogP contribution in [-0.4, -0.2) is 29.6 Å². The van der Waals surface area contributed by atoms with Gasteiger partial charge in [0.25, 0.3) is 0 Å². The second-order valence-electron chi connectivity index (χ2n) is 6.74. The predicted octanol–water partition coefficient (Wildman–Crippen LogP) is 5.22. The van der Waals surface area contributed by atoms with Crippen LogP contribution in [0.25, 0.3) is 0 Å². The fourth-order valence-electron chi connectivity index (χ4n) is 3.64. The highest BCUT2D eigenvalue weighted by molar-refractivity contribution is 14.1. The van der Waals surface area contributed by atoms with Crippen LogP contribution in [0.15, 0.2) is 54.6 Å². The Morgan fingerprint density at radius 1 is 0.880 bits per heavy atom. The number of hydrogen-bond acceptors (Lipinski definition) is 2. The van der Waals surface area contributed by atoms with Crippen LogP contribution in [0.2, 0.25) is 0 Å². The van der Waals surface area contributed by atoms with E-state index in [2.05, 4.69) is 51.8 Å². The second-order valence-corrected chi connectivity index (χ2v) is 7.98. The van der Waals surface area contributed by atoms with Gasteiger partial charge in [-0.05, 0) is 91.2 Å². The normalized spacial score (nSPS) is 17.5. The number of likely N-dealkylation sites (tertiary alicyclic amines) is 1. The van der Waals surface area contributed by atoms with Crippen LogP contribution in [0.1, 0.15) is 43.2 Å². The van der Waals surface area contributed by atoms with Gasteiger partial charge in [0, 0.05) is 3.57 Å². The molecule has 4 heteroatoms. The number of benzene rings is 2. The highest BCUT2D eigenvalue weighted by atomic mass is 127. The van der Waals surface area contributed by atoms with E-state index < -0.39 is 5.60 Å². The van der Waals surface area contributed by atoms with Gasteiger partial charge in [0.2, 0.25) is 0 Å². The molecule has 1 atom stereocenters. The maximum absolute atomic E-state index is 11.6. The van der Waals surface area contributed by atoms with Crippen molar-refractivity contribution >= 4 is 35.0 Å². The summed E-state index contributed by atoms with van der Waals surface area (Å²) in [6.45, 7) is 3.51. The highest BCUT2D eigenvalue weighted by Crippen LogP contribution is 2.34. The molecular weight excluding hydrogens is 445 g/mol. The summed E-state index contributed by atoms with van der Waals surface area (Å²) in [7, 11) is 0. The van der Waals surface area contributed by atoms with Gasteiger partial charge in [-0.1, -0.05) is 48.9 Å². The van der Waals surface area contributed by atoms with Gasteiger partial charge >= 0.3 is 0 Å². The number of piperidine rings is 1. The third-order valence-electron chi connectivity index (χ3n) is 5.03. The lowest BCUT2D eigenvalue weighted by molar-refractivity contribution is 0.0638. The predicted molar refractivity (Wildman–Crippen MR) is 115 cm³/mol. The molecule has 0 bridgehead atoms. The molecular formula is C21H27ClINO. The van der Waals surface area contributed by atoms with E-state index in [1.807, 2.05) is 30.3 Å². The molecule has 1 aliphatic rings. The Bertz CT molecular complexity index is 628. The summed E-state index contributed by atoms with van der Waals surface area (Å²) in [5.41, 5.74) is 1.08. The molecule has 0 aromatic heterocycles. The molecule has 0 saturated carbocycles. The summed E-state index contributed by atoms with van der Waals surface area (Å²) in [5, 5.41) is 11.6. The molecule has 2 aromatic carbocycles. The van der Waals surface area contributed by atoms with Crippen molar-refractivity contribution in [2.75, 3.05) is 19.6 Å². The van der Waals surface area contributed by atoms with Crippen molar-refractivity contribution in [3.05, 3.63) is 69.3 Å². The summed E-state index contributed by atoms with van der Waals surface area (Å²) < 4.78 is 1.19. The third-order valence-corrected chi connectivity index (χ3v) is 5.75. The smallest absolute Gasteiger partial charge is 0.115 e. The lowest BCUT2D eigenvalue weighted by Gasteiger charge is -2.32. The molecule has 25 heavy (non-hydrogen) atoms. The minimum absolute atomic E-state index is 0. The van der Waals surface area contributed by atoms with Crippen LogP contribution in [0.4, 0.5) is 0 Å². The topological polar surface area (TPSA) is 23.5 Å². The first-order valence-corrected chi connectivity index (χ1v) is 10.0. The lowest BCUT2D eigenvalue weighted by Crippen LogP contribution is -2.33. The zero-order valence-corrected chi connectivity index (χ0v) is 17.5. The fraction of sp³-hybridized carbons (Fsp3) is 0.429. The number of rotatable bonds is 6. The summed E-state index contributed by atoms with van der Waals surface area (Å²) in [6.07, 6.45) is 5.78. The molecule has 1 saturated heterocycles. The number of halogens is 2. The largest absolute Gasteiger partial charge is 0.380 e. The molecule has 0 amide bonds. The molecule has 0 aliphatic carbocycles. The van der Waals surface area contributed by atoms with E-state index in [9.17, 15) is 5.11 Å². The Hall–Kier alpha value is -0.620. The molecule has 2 aromatic rings. The first-order chi connectivity index (χ1) is 11.7. The molecule has 3 rings (SSSR count). The lowest BCUT2D eigenvalue weighted by atomic mass is 9.82.